The van der Waals surface area contributed by atoms with Crippen molar-refractivity contribution >= 4 is 5.97 Å². The molecule has 2 aliphatic rings. The molecule has 0 spiro atoms. The summed E-state index contributed by atoms with van der Waals surface area (Å²) in [4.78, 5) is 11.0. The Kier molecular flexibility index (Phi) is 3.01. The first-order chi connectivity index (χ1) is 8.75. The van der Waals surface area contributed by atoms with Crippen LogP contribution < -0.4 is 0 Å². The summed E-state index contributed by atoms with van der Waals surface area (Å²) in [6.45, 7) is 0. The molecule has 18 heavy (non-hydrogen) atoms. The minimum Gasteiger partial charge on any atom is -0.481 e. The molecule has 1 heterocycles. The fourth-order valence-corrected chi connectivity index (χ4v) is 3.00. The van der Waals surface area contributed by atoms with Gasteiger partial charge in [-0.15, -0.1) is 5.10 Å². The van der Waals surface area contributed by atoms with Gasteiger partial charge in [0.05, 0.1) is 12.5 Å². The average Bonchev–Trinajstić information content (AvgIpc) is 2.86. The van der Waals surface area contributed by atoms with Crippen LogP contribution in [0.25, 0.3) is 0 Å². The van der Waals surface area contributed by atoms with Crippen LogP contribution in [0.4, 0.5) is 0 Å². The molecular weight excluding hydrogens is 232 g/mol. The van der Waals surface area contributed by atoms with Crippen molar-refractivity contribution in [3.63, 3.8) is 0 Å². The van der Waals surface area contributed by atoms with Gasteiger partial charge in [-0.05, 0) is 42.0 Å². The average molecular weight is 250 g/mol. The highest BCUT2D eigenvalue weighted by Crippen LogP contribution is 2.43. The van der Waals surface area contributed by atoms with Crippen LogP contribution in [0.3, 0.4) is 0 Å². The van der Waals surface area contributed by atoms with Gasteiger partial charge in [0.25, 0.3) is 0 Å². The highest BCUT2D eigenvalue weighted by Gasteiger charge is 2.37. The summed E-state index contributed by atoms with van der Waals surface area (Å²) in [6, 6.07) is -0.0481. The molecule has 0 aliphatic heterocycles. The van der Waals surface area contributed by atoms with Crippen LogP contribution in [0, 0.1) is 5.92 Å². The van der Waals surface area contributed by atoms with E-state index in [0.717, 1.165) is 31.5 Å². The zero-order valence-electron chi connectivity index (χ0n) is 10.3. The monoisotopic (exact) mass is 250 g/mol. The fraction of sp³-hybridized carbons (Fsp3) is 0.833. The zero-order chi connectivity index (χ0) is 12.5. The standard InChI is InChI=1S/C12H18N4O2/c17-11(18)7-10(8-5-6-8)16-12(13-14-15-16)9-3-1-2-4-9/h8-10H,1-7H2,(H,17,18). The van der Waals surface area contributed by atoms with Crippen LogP contribution in [-0.4, -0.2) is 31.3 Å². The van der Waals surface area contributed by atoms with Crippen LogP contribution in [0.15, 0.2) is 0 Å². The Morgan fingerprint density at radius 2 is 2.06 bits per heavy atom. The van der Waals surface area contributed by atoms with Gasteiger partial charge in [-0.2, -0.15) is 0 Å². The van der Waals surface area contributed by atoms with Gasteiger partial charge in [-0.25, -0.2) is 4.68 Å². The maximum absolute atomic E-state index is 11.0. The summed E-state index contributed by atoms with van der Waals surface area (Å²) >= 11 is 0. The van der Waals surface area contributed by atoms with E-state index in [1.165, 1.54) is 12.8 Å². The minimum atomic E-state index is -0.764. The molecule has 98 valence electrons. The fourth-order valence-electron chi connectivity index (χ4n) is 3.00. The van der Waals surface area contributed by atoms with Crippen molar-refractivity contribution < 1.29 is 9.90 Å². The predicted molar refractivity (Wildman–Crippen MR) is 63.0 cm³/mol. The predicted octanol–water partition coefficient (Wildman–Crippen LogP) is 1.76. The summed E-state index contributed by atoms with van der Waals surface area (Å²) in [5.41, 5.74) is 0. The Labute approximate surface area is 105 Å². The lowest BCUT2D eigenvalue weighted by Crippen LogP contribution is -2.20. The molecule has 6 nitrogen and oxygen atoms in total. The Morgan fingerprint density at radius 3 is 2.67 bits per heavy atom. The molecule has 6 heteroatoms. The van der Waals surface area contributed by atoms with E-state index in [-0.39, 0.29) is 12.5 Å². The Morgan fingerprint density at radius 1 is 1.33 bits per heavy atom. The topological polar surface area (TPSA) is 80.9 Å². The van der Waals surface area contributed by atoms with Gasteiger partial charge >= 0.3 is 5.97 Å². The lowest BCUT2D eigenvalue weighted by atomic mass is 10.1. The number of carbonyl (C=O) groups is 1. The van der Waals surface area contributed by atoms with Crippen LogP contribution >= 0.6 is 0 Å². The van der Waals surface area contributed by atoms with Crippen LogP contribution in [0.5, 0.6) is 0 Å². The number of aliphatic carboxylic acids is 1. The Bertz CT molecular complexity index is 435. The molecule has 3 rings (SSSR count). The second-order valence-electron chi connectivity index (χ2n) is 5.47. The third kappa shape index (κ3) is 2.23. The molecule has 0 amide bonds. The second kappa shape index (κ2) is 4.66. The smallest absolute Gasteiger partial charge is 0.305 e. The first kappa shape index (κ1) is 11.6. The summed E-state index contributed by atoms with van der Waals surface area (Å²) in [7, 11) is 0. The number of nitrogens with zero attached hydrogens (tertiary/aromatic N) is 4. The maximum Gasteiger partial charge on any atom is 0.305 e. The van der Waals surface area contributed by atoms with Gasteiger partial charge in [-0.3, -0.25) is 4.79 Å². The van der Waals surface area contributed by atoms with E-state index in [1.807, 2.05) is 4.68 Å². The van der Waals surface area contributed by atoms with Gasteiger partial charge in [0.2, 0.25) is 0 Å². The summed E-state index contributed by atoms with van der Waals surface area (Å²) < 4.78 is 1.81. The van der Waals surface area contributed by atoms with Gasteiger partial charge in [0.1, 0.15) is 0 Å². The Hall–Kier alpha value is -1.46. The zero-order valence-corrected chi connectivity index (χ0v) is 10.3. The number of aromatic nitrogens is 4. The molecule has 2 saturated carbocycles. The lowest BCUT2D eigenvalue weighted by molar-refractivity contribution is -0.138. The molecule has 2 fully saturated rings. The molecular formula is C12H18N4O2. The van der Waals surface area contributed by atoms with Gasteiger partial charge in [0, 0.05) is 5.92 Å². The first-order valence-corrected chi connectivity index (χ1v) is 6.75. The normalized spacial score (nSPS) is 22.2. The number of carboxylic acid groups (broad SMARTS) is 1. The summed E-state index contributed by atoms with van der Waals surface area (Å²) in [5.74, 6) is 1.02. The molecule has 1 aromatic heterocycles. The molecule has 1 unspecified atom stereocenters. The number of rotatable bonds is 5. The van der Waals surface area contributed by atoms with Crippen molar-refractivity contribution in [1.29, 1.82) is 0 Å². The van der Waals surface area contributed by atoms with Crippen molar-refractivity contribution in [2.24, 2.45) is 5.92 Å². The highest BCUT2D eigenvalue weighted by atomic mass is 16.4. The molecule has 2 aliphatic carbocycles. The van der Waals surface area contributed by atoms with E-state index < -0.39 is 5.97 Å². The molecule has 1 atom stereocenters. The molecule has 0 radical (unpaired) electrons. The van der Waals surface area contributed by atoms with Gasteiger partial charge in [-0.1, -0.05) is 12.8 Å². The third-order valence-electron chi connectivity index (χ3n) is 4.10. The van der Waals surface area contributed by atoms with Crippen molar-refractivity contribution in [2.45, 2.75) is 56.9 Å². The molecule has 0 saturated heterocycles. The molecule has 1 N–H and O–H groups in total. The van der Waals surface area contributed by atoms with E-state index in [2.05, 4.69) is 15.5 Å². The van der Waals surface area contributed by atoms with Crippen molar-refractivity contribution in [2.75, 3.05) is 0 Å². The summed E-state index contributed by atoms with van der Waals surface area (Å²) in [5, 5.41) is 21.0. The van der Waals surface area contributed by atoms with Crippen LogP contribution in [0.2, 0.25) is 0 Å². The third-order valence-corrected chi connectivity index (χ3v) is 4.10. The summed E-state index contributed by atoms with van der Waals surface area (Å²) in [6.07, 6.45) is 7.05. The van der Waals surface area contributed by atoms with Crippen molar-refractivity contribution in [1.82, 2.24) is 20.2 Å². The molecule has 1 aromatic rings. The van der Waals surface area contributed by atoms with Gasteiger partial charge in [0.15, 0.2) is 5.82 Å². The molecule has 0 bridgehead atoms. The van der Waals surface area contributed by atoms with E-state index in [1.54, 1.807) is 0 Å². The first-order valence-electron chi connectivity index (χ1n) is 6.75. The quantitative estimate of drug-likeness (QED) is 0.861. The Balaban J connectivity index is 1.84. The number of hydrogen-bond acceptors (Lipinski definition) is 4. The second-order valence-corrected chi connectivity index (χ2v) is 5.47. The van der Waals surface area contributed by atoms with E-state index in [0.29, 0.717) is 11.8 Å². The number of carboxylic acids is 1. The van der Waals surface area contributed by atoms with Crippen molar-refractivity contribution in [3.05, 3.63) is 5.82 Å². The van der Waals surface area contributed by atoms with Gasteiger partial charge < -0.3 is 5.11 Å². The van der Waals surface area contributed by atoms with E-state index >= 15 is 0 Å². The maximum atomic E-state index is 11.0. The van der Waals surface area contributed by atoms with Crippen molar-refractivity contribution in [3.8, 4) is 0 Å². The SMILES string of the molecule is O=C(O)CC(C1CC1)n1nnnc1C1CCCC1. The lowest BCUT2D eigenvalue weighted by Gasteiger charge is -2.18. The highest BCUT2D eigenvalue weighted by molar-refractivity contribution is 5.67. The number of hydrogen-bond donors (Lipinski definition) is 1. The number of tetrazole rings is 1. The van der Waals surface area contributed by atoms with Crippen LogP contribution in [-0.2, 0) is 4.79 Å². The van der Waals surface area contributed by atoms with Crippen LogP contribution in [0.1, 0.15) is 62.7 Å². The van der Waals surface area contributed by atoms with E-state index in [4.69, 9.17) is 5.11 Å². The molecule has 0 aromatic carbocycles. The minimum absolute atomic E-state index is 0.0481. The largest absolute Gasteiger partial charge is 0.481 e. The van der Waals surface area contributed by atoms with E-state index in [9.17, 15) is 4.79 Å².